The van der Waals surface area contributed by atoms with Crippen molar-refractivity contribution in [2.75, 3.05) is 26.8 Å². The van der Waals surface area contributed by atoms with Gasteiger partial charge in [0.05, 0.1) is 6.04 Å². The normalized spacial score (nSPS) is 18.1. The first-order valence-corrected chi connectivity index (χ1v) is 3.32. The molecule has 0 atom stereocenters. The molecule has 0 spiro atoms. The van der Waals surface area contributed by atoms with Crippen LogP contribution < -0.4 is 10.6 Å². The predicted octanol–water partition coefficient (Wildman–Crippen LogP) is -1.28. The number of nitrogens with one attached hydrogen (secondary N) is 2. The Morgan fingerprint density at radius 1 is 1.80 bits per heavy atom. The third-order valence-electron chi connectivity index (χ3n) is 1.42. The van der Waals surface area contributed by atoms with Crippen molar-refractivity contribution >= 4 is 5.91 Å². The van der Waals surface area contributed by atoms with E-state index in [2.05, 4.69) is 15.4 Å². The number of hydrogen-bond donors (Lipinski definition) is 2. The maximum Gasteiger partial charge on any atom is 0.246 e. The van der Waals surface area contributed by atoms with Crippen molar-refractivity contribution in [2.45, 2.75) is 6.04 Å². The number of carbonyl (C=O) groups is 1. The molecule has 0 bridgehead atoms. The molecule has 0 unspecified atom stereocenters. The van der Waals surface area contributed by atoms with Crippen molar-refractivity contribution < 1.29 is 9.53 Å². The van der Waals surface area contributed by atoms with Crippen LogP contribution in [0.2, 0.25) is 0 Å². The molecule has 58 valence electrons. The third-order valence-corrected chi connectivity index (χ3v) is 1.42. The van der Waals surface area contributed by atoms with Gasteiger partial charge in [0.2, 0.25) is 5.91 Å². The van der Waals surface area contributed by atoms with Crippen LogP contribution >= 0.6 is 0 Å². The summed E-state index contributed by atoms with van der Waals surface area (Å²) < 4.78 is 4.64. The van der Waals surface area contributed by atoms with Crippen LogP contribution in [0.25, 0.3) is 0 Å². The highest BCUT2D eigenvalue weighted by Gasteiger charge is 2.17. The Kier molecular flexibility index (Phi) is 2.65. The van der Waals surface area contributed by atoms with E-state index in [1.54, 1.807) is 0 Å². The van der Waals surface area contributed by atoms with Gasteiger partial charge in [-0.3, -0.25) is 4.79 Å². The second kappa shape index (κ2) is 3.53. The van der Waals surface area contributed by atoms with E-state index >= 15 is 0 Å². The molecular formula is C6H12N2O2. The molecule has 0 aromatic heterocycles. The Labute approximate surface area is 59.9 Å². The number of rotatable bonds is 3. The van der Waals surface area contributed by atoms with Crippen LogP contribution in [0.5, 0.6) is 0 Å². The van der Waals surface area contributed by atoms with Crippen LogP contribution in [0.15, 0.2) is 0 Å². The van der Waals surface area contributed by atoms with Crippen LogP contribution in [0, 0.1) is 0 Å². The summed E-state index contributed by atoms with van der Waals surface area (Å²) in [7, 11) is 1.51. The average molecular weight is 144 g/mol. The van der Waals surface area contributed by atoms with E-state index < -0.39 is 0 Å². The highest BCUT2D eigenvalue weighted by Crippen LogP contribution is 1.89. The van der Waals surface area contributed by atoms with Crippen molar-refractivity contribution in [3.63, 3.8) is 0 Å². The Balaban J connectivity index is 2.05. The summed E-state index contributed by atoms with van der Waals surface area (Å²) in [6.07, 6.45) is 0. The molecule has 1 saturated heterocycles. The first kappa shape index (κ1) is 7.50. The summed E-state index contributed by atoms with van der Waals surface area (Å²) >= 11 is 0. The molecule has 1 heterocycles. The van der Waals surface area contributed by atoms with E-state index in [0.717, 1.165) is 13.1 Å². The molecule has 4 nitrogen and oxygen atoms in total. The molecule has 2 N–H and O–H groups in total. The fourth-order valence-corrected chi connectivity index (χ4v) is 0.791. The monoisotopic (exact) mass is 144 g/mol. The lowest BCUT2D eigenvalue weighted by molar-refractivity contribution is -0.125. The van der Waals surface area contributed by atoms with Crippen LogP contribution in [0.4, 0.5) is 0 Å². The molecule has 0 saturated carbocycles. The van der Waals surface area contributed by atoms with E-state index in [0.29, 0.717) is 6.04 Å². The van der Waals surface area contributed by atoms with E-state index in [-0.39, 0.29) is 12.5 Å². The van der Waals surface area contributed by atoms with Crippen LogP contribution in [0.1, 0.15) is 0 Å². The minimum absolute atomic E-state index is 0.0333. The van der Waals surface area contributed by atoms with Gasteiger partial charge in [-0.05, 0) is 0 Å². The standard InChI is InChI=1S/C6H12N2O2/c1-10-4-6(9)8-5-2-7-3-5/h5,7H,2-4H2,1H3,(H,8,9). The van der Waals surface area contributed by atoms with Gasteiger partial charge in [0.1, 0.15) is 6.61 Å². The van der Waals surface area contributed by atoms with Crippen molar-refractivity contribution in [2.24, 2.45) is 0 Å². The van der Waals surface area contributed by atoms with Gasteiger partial charge in [-0.2, -0.15) is 0 Å². The third kappa shape index (κ3) is 1.97. The summed E-state index contributed by atoms with van der Waals surface area (Å²) in [6.45, 7) is 1.93. The summed E-state index contributed by atoms with van der Waals surface area (Å²) in [4.78, 5) is 10.8. The zero-order valence-corrected chi connectivity index (χ0v) is 6.02. The molecule has 0 aromatic carbocycles. The van der Waals surface area contributed by atoms with Crippen LogP contribution in [-0.4, -0.2) is 38.8 Å². The zero-order valence-electron chi connectivity index (χ0n) is 6.02. The fourth-order valence-electron chi connectivity index (χ4n) is 0.791. The molecule has 1 aliphatic heterocycles. The van der Waals surface area contributed by atoms with Crippen LogP contribution in [-0.2, 0) is 9.53 Å². The first-order chi connectivity index (χ1) is 4.83. The smallest absolute Gasteiger partial charge is 0.246 e. The van der Waals surface area contributed by atoms with Gasteiger partial charge in [0.15, 0.2) is 0 Å². The maximum absolute atomic E-state index is 10.8. The second-order valence-electron chi connectivity index (χ2n) is 2.36. The zero-order chi connectivity index (χ0) is 7.40. The van der Waals surface area contributed by atoms with Gasteiger partial charge >= 0.3 is 0 Å². The van der Waals surface area contributed by atoms with Crippen LogP contribution in [0.3, 0.4) is 0 Å². The molecule has 4 heteroatoms. The first-order valence-electron chi connectivity index (χ1n) is 3.32. The van der Waals surface area contributed by atoms with Crippen molar-refractivity contribution in [1.82, 2.24) is 10.6 Å². The number of amides is 1. The lowest BCUT2D eigenvalue weighted by Gasteiger charge is -2.27. The highest BCUT2D eigenvalue weighted by atomic mass is 16.5. The summed E-state index contributed by atoms with van der Waals surface area (Å²) in [5, 5.41) is 5.84. The van der Waals surface area contributed by atoms with Crippen molar-refractivity contribution in [1.29, 1.82) is 0 Å². The Morgan fingerprint density at radius 3 is 2.90 bits per heavy atom. The molecule has 10 heavy (non-hydrogen) atoms. The van der Waals surface area contributed by atoms with Gasteiger partial charge in [0.25, 0.3) is 0 Å². The molecule has 1 aliphatic rings. The van der Waals surface area contributed by atoms with E-state index in [9.17, 15) is 4.79 Å². The number of methoxy groups -OCH3 is 1. The Bertz CT molecular complexity index is 123. The molecule has 0 aromatic rings. The minimum atomic E-state index is -0.0333. The largest absolute Gasteiger partial charge is 0.375 e. The van der Waals surface area contributed by atoms with E-state index in [1.807, 2.05) is 0 Å². The number of ether oxygens (including phenoxy) is 1. The minimum Gasteiger partial charge on any atom is -0.375 e. The second-order valence-corrected chi connectivity index (χ2v) is 2.36. The maximum atomic E-state index is 10.8. The molecule has 0 aliphatic carbocycles. The number of hydrogen-bond acceptors (Lipinski definition) is 3. The van der Waals surface area contributed by atoms with E-state index in [1.165, 1.54) is 7.11 Å². The SMILES string of the molecule is COCC(=O)NC1CNC1. The topological polar surface area (TPSA) is 50.4 Å². The quantitative estimate of drug-likeness (QED) is 0.519. The lowest BCUT2D eigenvalue weighted by atomic mass is 10.2. The number of carbonyl (C=O) groups excluding carboxylic acids is 1. The lowest BCUT2D eigenvalue weighted by Crippen LogP contribution is -2.57. The summed E-state index contributed by atoms with van der Waals surface area (Å²) in [6, 6.07) is 0.322. The highest BCUT2D eigenvalue weighted by molar-refractivity contribution is 5.77. The predicted molar refractivity (Wildman–Crippen MR) is 36.7 cm³/mol. The fraction of sp³-hybridized carbons (Fsp3) is 0.833. The Hall–Kier alpha value is -0.610. The molecule has 1 fully saturated rings. The van der Waals surface area contributed by atoms with E-state index in [4.69, 9.17) is 0 Å². The van der Waals surface area contributed by atoms with Crippen molar-refractivity contribution in [3.8, 4) is 0 Å². The average Bonchev–Trinajstić information content (AvgIpc) is 1.80. The van der Waals surface area contributed by atoms with Gasteiger partial charge in [-0.1, -0.05) is 0 Å². The summed E-state index contributed by atoms with van der Waals surface area (Å²) in [5.41, 5.74) is 0. The summed E-state index contributed by atoms with van der Waals surface area (Å²) in [5.74, 6) is -0.0333. The Morgan fingerprint density at radius 2 is 2.50 bits per heavy atom. The van der Waals surface area contributed by atoms with Gasteiger partial charge < -0.3 is 15.4 Å². The van der Waals surface area contributed by atoms with Crippen molar-refractivity contribution in [3.05, 3.63) is 0 Å². The molecule has 1 rings (SSSR count). The molecule has 0 radical (unpaired) electrons. The van der Waals surface area contributed by atoms with Gasteiger partial charge in [-0.25, -0.2) is 0 Å². The molecule has 1 amide bonds. The molecular weight excluding hydrogens is 132 g/mol. The van der Waals surface area contributed by atoms with Gasteiger partial charge in [0, 0.05) is 20.2 Å². The van der Waals surface area contributed by atoms with Gasteiger partial charge in [-0.15, -0.1) is 0 Å².